The maximum Gasteiger partial charge on any atom is 0.223 e. The van der Waals surface area contributed by atoms with Gasteiger partial charge in [0, 0.05) is 12.7 Å². The Balaban J connectivity index is 2.03. The largest absolute Gasteiger partial charge is 0.302 e. The van der Waals surface area contributed by atoms with Crippen LogP contribution < -0.4 is 5.32 Å². The number of nitrogens with zero attached hydrogens (tertiary/aromatic N) is 3. The molecule has 118 valence electrons. The summed E-state index contributed by atoms with van der Waals surface area (Å²) in [6.45, 7) is 5.93. The van der Waals surface area contributed by atoms with Crippen LogP contribution in [0.15, 0.2) is 11.1 Å². The van der Waals surface area contributed by atoms with Gasteiger partial charge in [-0.25, -0.2) is 4.98 Å². The third-order valence-electron chi connectivity index (χ3n) is 3.76. The van der Waals surface area contributed by atoms with Crippen LogP contribution in [0.5, 0.6) is 0 Å². The van der Waals surface area contributed by atoms with Gasteiger partial charge in [0.1, 0.15) is 0 Å². The molecule has 1 unspecified atom stereocenters. The van der Waals surface area contributed by atoms with Crippen molar-refractivity contribution in [2.45, 2.75) is 56.7 Å². The molecule has 1 aliphatic heterocycles. The molecule has 0 saturated heterocycles. The number of carbonyl (C=O) groups is 1. The van der Waals surface area contributed by atoms with Gasteiger partial charge in [0.05, 0.1) is 33.4 Å². The number of nitrogens with one attached hydrogen (secondary N) is 1. The number of anilines is 1. The fourth-order valence-electron chi connectivity index (χ4n) is 2.76. The van der Waals surface area contributed by atoms with Gasteiger partial charge < -0.3 is 5.32 Å². The Labute approximate surface area is 138 Å². The molecule has 0 aliphatic carbocycles. The van der Waals surface area contributed by atoms with Crippen LogP contribution in [0.3, 0.4) is 0 Å². The van der Waals surface area contributed by atoms with Crippen LogP contribution in [-0.2, 0) is 10.5 Å². The van der Waals surface area contributed by atoms with Crippen molar-refractivity contribution < 1.29 is 4.79 Å². The minimum atomic E-state index is -0.0788. The monoisotopic (exact) mass is 336 g/mol. The maximum absolute atomic E-state index is 11.3. The van der Waals surface area contributed by atoms with Gasteiger partial charge in [-0.05, 0) is 12.8 Å². The van der Waals surface area contributed by atoms with E-state index in [9.17, 15) is 4.79 Å². The van der Waals surface area contributed by atoms with Crippen LogP contribution in [0.2, 0.25) is 0 Å². The van der Waals surface area contributed by atoms with Crippen molar-refractivity contribution >= 4 is 34.1 Å². The van der Waals surface area contributed by atoms with E-state index in [1.54, 1.807) is 23.1 Å². The normalized spacial score (nSPS) is 14.3. The highest BCUT2D eigenvalue weighted by Crippen LogP contribution is 2.46. The Kier molecular flexibility index (Phi) is 4.54. The van der Waals surface area contributed by atoms with E-state index in [1.807, 2.05) is 6.20 Å². The molecule has 22 heavy (non-hydrogen) atoms. The number of aromatic nitrogens is 3. The average Bonchev–Trinajstić information content (AvgIpc) is 3.06. The van der Waals surface area contributed by atoms with E-state index in [0.29, 0.717) is 11.2 Å². The quantitative estimate of drug-likeness (QED) is 0.883. The van der Waals surface area contributed by atoms with Gasteiger partial charge in [0.2, 0.25) is 5.91 Å². The van der Waals surface area contributed by atoms with Crippen LogP contribution in [0.4, 0.5) is 5.13 Å². The Morgan fingerprint density at radius 2 is 2.32 bits per heavy atom. The zero-order valence-corrected chi connectivity index (χ0v) is 14.7. The number of amides is 1. The van der Waals surface area contributed by atoms with E-state index in [4.69, 9.17) is 0 Å². The molecule has 0 radical (unpaired) electrons. The zero-order chi connectivity index (χ0) is 15.7. The number of hydrogen-bond acceptors (Lipinski definition) is 5. The van der Waals surface area contributed by atoms with Gasteiger partial charge >= 0.3 is 0 Å². The lowest BCUT2D eigenvalue weighted by atomic mass is 10.1. The van der Waals surface area contributed by atoms with Gasteiger partial charge in [-0.3, -0.25) is 9.48 Å². The topological polar surface area (TPSA) is 59.8 Å². The molecule has 5 nitrogen and oxygen atoms in total. The van der Waals surface area contributed by atoms with Gasteiger partial charge in [0.15, 0.2) is 5.13 Å². The third kappa shape index (κ3) is 2.79. The summed E-state index contributed by atoms with van der Waals surface area (Å²) in [6.07, 6.45) is 5.31. The second-order valence-corrected chi connectivity index (χ2v) is 7.43. The fraction of sp³-hybridized carbons (Fsp3) is 0.533. The summed E-state index contributed by atoms with van der Waals surface area (Å²) < 4.78 is 2.17. The predicted octanol–water partition coefficient (Wildman–Crippen LogP) is 4.32. The second-order valence-electron chi connectivity index (χ2n) is 5.42. The Bertz CT molecular complexity index is 692. The van der Waals surface area contributed by atoms with Gasteiger partial charge in [-0.15, -0.1) is 11.8 Å². The molecule has 1 amide bonds. The molecule has 0 fully saturated rings. The lowest BCUT2D eigenvalue weighted by Crippen LogP contribution is -2.12. The van der Waals surface area contributed by atoms with E-state index in [1.165, 1.54) is 17.5 Å². The summed E-state index contributed by atoms with van der Waals surface area (Å²) in [6, 6.07) is 0.423. The van der Waals surface area contributed by atoms with Gasteiger partial charge in [0.25, 0.3) is 0 Å². The first-order valence-electron chi connectivity index (χ1n) is 7.62. The predicted molar refractivity (Wildman–Crippen MR) is 91.4 cm³/mol. The summed E-state index contributed by atoms with van der Waals surface area (Å²) in [5.41, 5.74) is 2.24. The minimum absolute atomic E-state index is 0.0788. The molecule has 0 saturated carbocycles. The molecule has 1 aliphatic rings. The first-order valence-corrected chi connectivity index (χ1v) is 9.42. The van der Waals surface area contributed by atoms with Crippen LogP contribution in [-0.4, -0.2) is 20.7 Å². The van der Waals surface area contributed by atoms with E-state index in [2.05, 4.69) is 33.9 Å². The molecule has 0 bridgehead atoms. The summed E-state index contributed by atoms with van der Waals surface area (Å²) in [4.78, 5) is 18.2. The first kappa shape index (κ1) is 15.6. The number of hydrogen-bond donors (Lipinski definition) is 1. The SMILES string of the molecule is CCCC(CC)n1ncc2c1-c1sc(NC(C)=O)nc1CS2. The fourth-order valence-corrected chi connectivity index (χ4v) is 4.95. The molecular weight excluding hydrogens is 316 g/mol. The zero-order valence-electron chi connectivity index (χ0n) is 13.0. The number of thioether (sulfide) groups is 1. The second kappa shape index (κ2) is 6.42. The lowest BCUT2D eigenvalue weighted by molar-refractivity contribution is -0.114. The van der Waals surface area contributed by atoms with E-state index in [-0.39, 0.29) is 5.91 Å². The summed E-state index contributed by atoms with van der Waals surface area (Å²) in [5, 5.41) is 8.13. The van der Waals surface area contributed by atoms with E-state index < -0.39 is 0 Å². The Morgan fingerprint density at radius 3 is 3.00 bits per heavy atom. The molecule has 1 N–H and O–H groups in total. The van der Waals surface area contributed by atoms with Crippen molar-refractivity contribution in [2.24, 2.45) is 0 Å². The molecule has 2 aromatic rings. The standard InChI is InChI=1S/C15H20N4OS2/c1-4-6-10(5-2)19-13-12(7-16-19)21-8-11-14(13)22-15(18-11)17-9(3)20/h7,10H,4-6,8H2,1-3H3,(H,17,18,20). The van der Waals surface area contributed by atoms with Gasteiger partial charge in [-0.2, -0.15) is 5.10 Å². The highest BCUT2D eigenvalue weighted by Gasteiger charge is 2.28. The molecule has 7 heteroatoms. The van der Waals surface area contributed by atoms with Crippen LogP contribution in [0.1, 0.15) is 51.8 Å². The molecule has 0 aromatic carbocycles. The van der Waals surface area contributed by atoms with Crippen molar-refractivity contribution in [3.63, 3.8) is 0 Å². The molecule has 2 aromatic heterocycles. The molecule has 0 spiro atoms. The Morgan fingerprint density at radius 1 is 1.50 bits per heavy atom. The average molecular weight is 336 g/mol. The maximum atomic E-state index is 11.3. The molecular formula is C15H20N4OS2. The third-order valence-corrected chi connectivity index (χ3v) is 5.81. The van der Waals surface area contributed by atoms with Crippen molar-refractivity contribution in [1.82, 2.24) is 14.8 Å². The van der Waals surface area contributed by atoms with Crippen LogP contribution in [0.25, 0.3) is 10.6 Å². The summed E-state index contributed by atoms with van der Waals surface area (Å²) in [5.74, 6) is 0.763. The van der Waals surface area contributed by atoms with E-state index in [0.717, 1.165) is 35.6 Å². The molecule has 3 heterocycles. The highest BCUT2D eigenvalue weighted by molar-refractivity contribution is 7.98. The van der Waals surface area contributed by atoms with Crippen molar-refractivity contribution in [3.8, 4) is 10.6 Å². The molecule has 3 rings (SSSR count). The number of rotatable bonds is 5. The Hall–Kier alpha value is -1.34. The van der Waals surface area contributed by atoms with Crippen LogP contribution in [0, 0.1) is 0 Å². The van der Waals surface area contributed by atoms with Gasteiger partial charge in [-0.1, -0.05) is 31.6 Å². The van der Waals surface area contributed by atoms with E-state index >= 15 is 0 Å². The minimum Gasteiger partial charge on any atom is -0.302 e. The summed E-state index contributed by atoms with van der Waals surface area (Å²) >= 11 is 3.33. The van der Waals surface area contributed by atoms with Crippen molar-refractivity contribution in [1.29, 1.82) is 0 Å². The number of fused-ring (bicyclic) bond motifs is 3. The van der Waals surface area contributed by atoms with Crippen molar-refractivity contribution in [3.05, 3.63) is 11.9 Å². The summed E-state index contributed by atoms with van der Waals surface area (Å²) in [7, 11) is 0. The smallest absolute Gasteiger partial charge is 0.223 e. The number of carbonyl (C=O) groups excluding carboxylic acids is 1. The first-order chi connectivity index (χ1) is 10.6. The van der Waals surface area contributed by atoms with Crippen molar-refractivity contribution in [2.75, 3.05) is 5.32 Å². The lowest BCUT2D eigenvalue weighted by Gasteiger charge is -2.20. The molecule has 1 atom stereocenters. The van der Waals surface area contributed by atoms with Crippen LogP contribution >= 0.6 is 23.1 Å². The highest BCUT2D eigenvalue weighted by atomic mass is 32.2. The number of thiazole rings is 1.